The van der Waals surface area contributed by atoms with Gasteiger partial charge in [0.25, 0.3) is 0 Å². The molecule has 0 heterocycles. The topological polar surface area (TPSA) is 42.2 Å². The second kappa shape index (κ2) is 4.94. The van der Waals surface area contributed by atoms with Gasteiger partial charge in [-0.1, -0.05) is 12.5 Å². The predicted molar refractivity (Wildman–Crippen MR) is 72.6 cm³/mol. The van der Waals surface area contributed by atoms with Gasteiger partial charge >= 0.3 is 0 Å². The molecule has 0 aromatic heterocycles. The number of hydrogen-bond donors (Lipinski definition) is 0. The van der Waals surface area contributed by atoms with E-state index >= 15 is 0 Å². The highest BCUT2D eigenvalue weighted by atomic mass is 31.0. The van der Waals surface area contributed by atoms with Crippen LogP contribution in [-0.2, 0) is 9.05 Å². The fraction of sp³-hybridized carbons (Fsp3) is 0.750. The fourth-order valence-electron chi connectivity index (χ4n) is 3.72. The summed E-state index contributed by atoms with van der Waals surface area (Å²) in [4.78, 5) is 0. The first-order valence-electron chi connectivity index (χ1n) is 5.97. The summed E-state index contributed by atoms with van der Waals surface area (Å²) in [5.74, 6) is -0.587. The van der Waals surface area contributed by atoms with Crippen molar-refractivity contribution in [1.82, 2.24) is 0 Å². The van der Waals surface area contributed by atoms with Crippen molar-refractivity contribution >= 4 is 18.9 Å². The fourth-order valence-corrected chi connectivity index (χ4v) is 4.47. The number of hydrogen-bond acceptors (Lipinski definition) is 3. The lowest BCUT2D eigenvalue weighted by molar-refractivity contribution is -0.151. The first-order valence-corrected chi connectivity index (χ1v) is 6.91. The summed E-state index contributed by atoms with van der Waals surface area (Å²) >= 11 is 0. The van der Waals surface area contributed by atoms with Gasteiger partial charge in [0.2, 0.25) is 0 Å². The molecule has 0 N–H and O–H groups in total. The highest BCUT2D eigenvalue weighted by Crippen LogP contribution is 2.61. The van der Waals surface area contributed by atoms with Gasteiger partial charge in [-0.05, 0) is 24.7 Å². The maximum absolute atomic E-state index is 9.36. The van der Waals surface area contributed by atoms with Crippen LogP contribution in [0.3, 0.4) is 0 Å². The van der Waals surface area contributed by atoms with Gasteiger partial charge < -0.3 is 9.05 Å². The minimum Gasteiger partial charge on any atom is -0.333 e. The molecule has 5 heteroatoms. The lowest BCUT2D eigenvalue weighted by Crippen LogP contribution is -2.46. The third-order valence-electron chi connectivity index (χ3n) is 4.56. The Bertz CT molecular complexity index is 351. The third kappa shape index (κ3) is 1.87. The molecule has 2 aliphatic carbocycles. The molecule has 17 heavy (non-hydrogen) atoms. The molecule has 0 bridgehead atoms. The van der Waals surface area contributed by atoms with E-state index in [1.807, 2.05) is 6.08 Å². The van der Waals surface area contributed by atoms with Crippen molar-refractivity contribution in [3.63, 3.8) is 0 Å². The van der Waals surface area contributed by atoms with Gasteiger partial charge in [-0.2, -0.15) is 5.26 Å². The molecule has 2 aliphatic rings. The molecule has 5 unspecified atom stereocenters. The van der Waals surface area contributed by atoms with E-state index in [0.29, 0.717) is 0 Å². The number of nitriles is 1. The minimum absolute atomic E-state index is 0.00574. The molecule has 2 rings (SSSR count). The number of rotatable bonds is 3. The van der Waals surface area contributed by atoms with Crippen molar-refractivity contribution in [3.05, 3.63) is 12.7 Å². The average Bonchev–Trinajstić information content (AvgIpc) is 2.74. The Morgan fingerprint density at radius 3 is 2.53 bits per heavy atom. The van der Waals surface area contributed by atoms with Crippen LogP contribution in [0.2, 0.25) is 0 Å². The Hall–Kier alpha value is 0.01000. The van der Waals surface area contributed by atoms with E-state index in [-0.39, 0.29) is 17.3 Å². The van der Waals surface area contributed by atoms with Crippen molar-refractivity contribution in [2.75, 3.05) is 0 Å². The highest BCUT2D eigenvalue weighted by Gasteiger charge is 2.61. The summed E-state index contributed by atoms with van der Waals surface area (Å²) in [6, 6.07) is 2.43. The largest absolute Gasteiger partial charge is 0.333 e. The maximum atomic E-state index is 9.36. The first-order chi connectivity index (χ1) is 8.18. The van der Waals surface area contributed by atoms with Crippen molar-refractivity contribution in [2.24, 2.45) is 17.3 Å². The van der Waals surface area contributed by atoms with Gasteiger partial charge in [0.1, 0.15) is 0 Å². The molecule has 94 valence electrons. The molecule has 0 aromatic rings. The summed E-state index contributed by atoms with van der Waals surface area (Å²) in [6.07, 6.45) is 6.93. The molecule has 0 aliphatic heterocycles. The Morgan fingerprint density at radius 2 is 2.00 bits per heavy atom. The van der Waals surface area contributed by atoms with Crippen LogP contribution in [0.15, 0.2) is 12.7 Å². The lowest BCUT2D eigenvalue weighted by atomic mass is 9.62. The zero-order chi connectivity index (χ0) is 12.5. The molecule has 0 radical (unpaired) electrons. The van der Waals surface area contributed by atoms with Gasteiger partial charge in [0.15, 0.2) is 5.79 Å². The summed E-state index contributed by atoms with van der Waals surface area (Å²) in [6.45, 7) is 3.99. The van der Waals surface area contributed by atoms with Gasteiger partial charge in [-0.3, -0.25) is 0 Å². The first kappa shape index (κ1) is 13.4. The van der Waals surface area contributed by atoms with Gasteiger partial charge in [0, 0.05) is 31.3 Å². The molecular formula is C12H19NO2P2. The van der Waals surface area contributed by atoms with Crippen LogP contribution >= 0.6 is 18.9 Å². The summed E-state index contributed by atoms with van der Waals surface area (Å²) < 4.78 is 11.1. The van der Waals surface area contributed by atoms with E-state index in [0.717, 1.165) is 32.1 Å². The normalized spacial score (nSPS) is 39.4. The molecule has 0 spiro atoms. The monoisotopic (exact) mass is 271 g/mol. The van der Waals surface area contributed by atoms with Crippen LogP contribution in [0, 0.1) is 28.6 Å². The molecule has 2 saturated carbocycles. The van der Waals surface area contributed by atoms with Crippen molar-refractivity contribution in [1.29, 1.82) is 5.26 Å². The Kier molecular flexibility index (Phi) is 3.91. The lowest BCUT2D eigenvalue weighted by Gasteiger charge is -2.45. The van der Waals surface area contributed by atoms with Crippen LogP contribution in [0.4, 0.5) is 0 Å². The molecule has 5 atom stereocenters. The summed E-state index contributed by atoms with van der Waals surface area (Å²) in [7, 11) is 4.60. The maximum Gasteiger partial charge on any atom is 0.179 e. The summed E-state index contributed by atoms with van der Waals surface area (Å²) in [5.41, 5.74) is 0.00574. The van der Waals surface area contributed by atoms with E-state index in [2.05, 4.69) is 31.6 Å². The average molecular weight is 271 g/mol. The quantitative estimate of drug-likeness (QED) is 0.449. The van der Waals surface area contributed by atoms with E-state index in [1.165, 1.54) is 0 Å². The third-order valence-corrected chi connectivity index (χ3v) is 5.36. The zero-order valence-corrected chi connectivity index (χ0v) is 12.2. The van der Waals surface area contributed by atoms with E-state index < -0.39 is 5.79 Å². The van der Waals surface area contributed by atoms with E-state index in [1.54, 1.807) is 0 Å². The Labute approximate surface area is 108 Å². The SMILES string of the molecule is C=CC12CCCC(C#N)C1C(OP)(OP)CC2. The van der Waals surface area contributed by atoms with E-state index in [4.69, 9.17) is 9.05 Å². The highest BCUT2D eigenvalue weighted by molar-refractivity contribution is 7.10. The smallest absolute Gasteiger partial charge is 0.179 e. The molecule has 3 nitrogen and oxygen atoms in total. The standard InChI is InChI=1S/C12H19NO2P2/c1-2-11-5-3-4-9(8-13)10(11)12(14-16,15-17)7-6-11/h2,9-10H,1,3-7,16-17H2. The van der Waals surface area contributed by atoms with Crippen LogP contribution in [0.25, 0.3) is 0 Å². The number of allylic oxidation sites excluding steroid dienone is 1. The predicted octanol–water partition coefficient (Wildman–Crippen LogP) is 3.20. The van der Waals surface area contributed by atoms with Crippen LogP contribution in [0.1, 0.15) is 32.1 Å². The van der Waals surface area contributed by atoms with E-state index in [9.17, 15) is 5.26 Å². The van der Waals surface area contributed by atoms with Gasteiger partial charge in [-0.25, -0.2) is 0 Å². The second-order valence-corrected chi connectivity index (χ2v) is 5.56. The van der Waals surface area contributed by atoms with Crippen LogP contribution in [0.5, 0.6) is 0 Å². The Balaban J connectivity index is 2.43. The molecule has 0 saturated heterocycles. The van der Waals surface area contributed by atoms with Crippen molar-refractivity contribution in [2.45, 2.75) is 37.9 Å². The van der Waals surface area contributed by atoms with Crippen molar-refractivity contribution < 1.29 is 9.05 Å². The number of nitrogens with zero attached hydrogens (tertiary/aromatic N) is 1. The van der Waals surface area contributed by atoms with Gasteiger partial charge in [-0.15, -0.1) is 6.58 Å². The second-order valence-electron chi connectivity index (χ2n) is 5.09. The van der Waals surface area contributed by atoms with Crippen LogP contribution < -0.4 is 0 Å². The number of fused-ring (bicyclic) bond motifs is 1. The molecule has 0 aromatic carbocycles. The minimum atomic E-state index is -0.662. The molecule has 0 amide bonds. The molecule has 2 fully saturated rings. The van der Waals surface area contributed by atoms with Crippen LogP contribution in [-0.4, -0.2) is 5.79 Å². The van der Waals surface area contributed by atoms with Gasteiger partial charge in [0.05, 0.1) is 12.0 Å². The molecular weight excluding hydrogens is 252 g/mol. The Morgan fingerprint density at radius 1 is 1.29 bits per heavy atom. The zero-order valence-electron chi connectivity index (χ0n) is 9.89. The van der Waals surface area contributed by atoms with Crippen molar-refractivity contribution in [3.8, 4) is 6.07 Å². The summed E-state index contributed by atoms with van der Waals surface area (Å²) in [5, 5.41) is 9.36.